The molecule has 4 aliphatic rings. The number of likely N-dealkylation sites (tertiary alicyclic amines) is 1. The van der Waals surface area contributed by atoms with E-state index in [0.717, 1.165) is 32.1 Å². The Kier molecular flexibility index (Phi) is 9.43. The first-order chi connectivity index (χ1) is 24.6. The van der Waals surface area contributed by atoms with E-state index < -0.39 is 29.7 Å². The molecule has 7 rings (SSSR count). The smallest absolute Gasteiger partial charge is 0.296 e. The number of ketones is 1. The van der Waals surface area contributed by atoms with Crippen LogP contribution in [0.3, 0.4) is 0 Å². The lowest BCUT2D eigenvalue weighted by atomic mass is 9.71. The molecule has 2 unspecified atom stereocenters. The number of hydrogen-bond donors (Lipinski definition) is 4. The number of oxazole rings is 1. The number of hydrogen-bond acceptors (Lipinski definition) is 8. The lowest BCUT2D eigenvalue weighted by molar-refractivity contribution is -0.138. The van der Waals surface area contributed by atoms with Gasteiger partial charge in [0.25, 0.3) is 11.9 Å². The summed E-state index contributed by atoms with van der Waals surface area (Å²) in [6, 6.07) is 12.7. The second-order valence-corrected chi connectivity index (χ2v) is 15.0. The van der Waals surface area contributed by atoms with Gasteiger partial charge in [0.05, 0.1) is 17.3 Å². The van der Waals surface area contributed by atoms with Gasteiger partial charge >= 0.3 is 0 Å². The van der Waals surface area contributed by atoms with E-state index in [4.69, 9.17) is 4.42 Å². The molecule has 2 saturated carbocycles. The van der Waals surface area contributed by atoms with Gasteiger partial charge in [-0.1, -0.05) is 56.7 Å². The number of aromatic nitrogens is 1. The van der Waals surface area contributed by atoms with Crippen molar-refractivity contribution in [2.45, 2.75) is 83.7 Å². The highest BCUT2D eigenvalue weighted by Crippen LogP contribution is 2.78. The summed E-state index contributed by atoms with van der Waals surface area (Å²) in [6.07, 6.45) is 10.4. The average Bonchev–Trinajstić information content (AvgIpc) is 3.37. The van der Waals surface area contributed by atoms with E-state index >= 15 is 0 Å². The van der Waals surface area contributed by atoms with Crippen LogP contribution in [0.1, 0.15) is 71.6 Å². The molecule has 4 amide bonds. The number of benzene rings is 2. The Balaban J connectivity index is 1.10. The molecule has 51 heavy (non-hydrogen) atoms. The van der Waals surface area contributed by atoms with Crippen molar-refractivity contribution in [2.24, 2.45) is 22.7 Å². The van der Waals surface area contributed by atoms with Crippen molar-refractivity contribution >= 4 is 57.9 Å². The molecule has 0 radical (unpaired) electrons. The van der Waals surface area contributed by atoms with E-state index in [2.05, 4.69) is 26.3 Å². The summed E-state index contributed by atoms with van der Waals surface area (Å²) in [4.78, 5) is 74.5. The van der Waals surface area contributed by atoms with Gasteiger partial charge in [-0.15, -0.1) is 0 Å². The van der Waals surface area contributed by atoms with Gasteiger partial charge in [-0.25, -0.2) is 0 Å². The summed E-state index contributed by atoms with van der Waals surface area (Å²) in [5.41, 5.74) is 1.67. The van der Waals surface area contributed by atoms with Crippen LogP contribution in [0.25, 0.3) is 11.1 Å². The van der Waals surface area contributed by atoms with Gasteiger partial charge in [0.15, 0.2) is 5.58 Å². The van der Waals surface area contributed by atoms with Gasteiger partial charge in [0, 0.05) is 24.9 Å². The van der Waals surface area contributed by atoms with Crippen molar-refractivity contribution in [3.8, 4) is 0 Å². The van der Waals surface area contributed by atoms with Crippen molar-refractivity contribution in [1.82, 2.24) is 15.2 Å². The quantitative estimate of drug-likeness (QED) is 0.196. The molecule has 2 aliphatic heterocycles. The maximum absolute atomic E-state index is 14.3. The van der Waals surface area contributed by atoms with Crippen molar-refractivity contribution in [3.63, 3.8) is 0 Å². The number of nitrogens with one attached hydrogen (secondary N) is 4. The zero-order valence-electron chi connectivity index (χ0n) is 29.2. The molecule has 12 heteroatoms. The van der Waals surface area contributed by atoms with Crippen LogP contribution in [-0.4, -0.2) is 64.5 Å². The van der Waals surface area contributed by atoms with Gasteiger partial charge in [-0.2, -0.15) is 4.98 Å². The first-order valence-corrected chi connectivity index (χ1v) is 18.2. The van der Waals surface area contributed by atoms with E-state index in [1.807, 2.05) is 50.3 Å². The lowest BCUT2D eigenvalue weighted by Crippen LogP contribution is -2.49. The lowest BCUT2D eigenvalue weighted by Gasteiger charge is -2.33. The van der Waals surface area contributed by atoms with Gasteiger partial charge < -0.3 is 30.6 Å². The van der Waals surface area contributed by atoms with E-state index in [-0.39, 0.29) is 53.4 Å². The van der Waals surface area contributed by atoms with Crippen LogP contribution in [0.2, 0.25) is 0 Å². The summed E-state index contributed by atoms with van der Waals surface area (Å²) in [7, 11) is 0. The van der Waals surface area contributed by atoms with Crippen LogP contribution in [0, 0.1) is 22.7 Å². The van der Waals surface area contributed by atoms with Crippen LogP contribution in [0.5, 0.6) is 0 Å². The minimum Gasteiger partial charge on any atom is -0.424 e. The number of carbonyl (C=O) groups is 5. The molecule has 4 atom stereocenters. The highest BCUT2D eigenvalue weighted by atomic mass is 16.4. The summed E-state index contributed by atoms with van der Waals surface area (Å²) in [5.74, 6) is -2.88. The molecule has 4 N–H and O–H groups in total. The van der Waals surface area contributed by atoms with Gasteiger partial charge in [-0.05, 0) is 80.5 Å². The first-order valence-electron chi connectivity index (χ1n) is 18.2. The van der Waals surface area contributed by atoms with E-state index in [1.165, 1.54) is 0 Å². The number of rotatable bonds is 6. The number of allylic oxidation sites excluding steroid dienone is 1. The molecule has 2 aliphatic carbocycles. The van der Waals surface area contributed by atoms with Crippen LogP contribution < -0.4 is 21.3 Å². The fraction of sp³-hybridized carbons (Fsp3) is 0.487. The monoisotopic (exact) mass is 694 g/mol. The fourth-order valence-electron chi connectivity index (χ4n) is 8.40. The molecule has 1 aromatic heterocycles. The van der Waals surface area contributed by atoms with Crippen LogP contribution in [0.4, 0.5) is 17.4 Å². The normalized spacial score (nSPS) is 25.4. The van der Waals surface area contributed by atoms with Crippen molar-refractivity contribution in [1.29, 1.82) is 0 Å². The molecular weight excluding hydrogens is 648 g/mol. The Bertz CT molecular complexity index is 1850. The van der Waals surface area contributed by atoms with Crippen molar-refractivity contribution in [3.05, 3.63) is 60.7 Å². The number of fused-ring (bicyclic) bond motifs is 3. The standard InChI is InChI=1S/C39H46N6O6/c1-24(2)32(44-37-43-28-15-10-11-17-30(28)51-37)36(50)45-21-25(39(23-45)22-38(39)19-12-20-38)34(48)42-29-16-6-4-3-5-7-18-31(46)40-26-13-8-9-14-27(26)41-35(49)33(29)47/h4,6,8-11,13-15,17,24-25,29,32H,3,5,7,12,16,18-23H2,1-2H3,(H,40,46)(H,41,49)(H,42,48)(H,43,44)/t25-,29-,32?,39?/m1/s1. The Hall–Kier alpha value is -5.00. The molecule has 3 heterocycles. The minimum atomic E-state index is -1.09. The third-order valence-electron chi connectivity index (χ3n) is 11.4. The second-order valence-electron chi connectivity index (χ2n) is 15.0. The average molecular weight is 695 g/mol. The Labute approximate surface area is 297 Å². The summed E-state index contributed by atoms with van der Waals surface area (Å²) >= 11 is 0. The molecule has 12 nitrogen and oxygen atoms in total. The first kappa shape index (κ1) is 34.4. The number of amides is 4. The number of para-hydroxylation sites is 4. The Morgan fingerprint density at radius 2 is 1.71 bits per heavy atom. The van der Waals surface area contributed by atoms with Crippen LogP contribution in [-0.2, 0) is 24.0 Å². The van der Waals surface area contributed by atoms with Crippen molar-refractivity contribution in [2.75, 3.05) is 29.0 Å². The maximum Gasteiger partial charge on any atom is 0.296 e. The fourth-order valence-corrected chi connectivity index (χ4v) is 8.40. The number of Topliss-reactive ketones (excluding diaryl/α,β-unsaturated/α-hetero) is 1. The van der Waals surface area contributed by atoms with Gasteiger partial charge in [-0.3, -0.25) is 24.0 Å². The minimum absolute atomic E-state index is 0.0162. The molecule has 0 bridgehead atoms. The third kappa shape index (κ3) is 6.75. The molecule has 2 aromatic carbocycles. The topological polar surface area (TPSA) is 163 Å². The zero-order chi connectivity index (χ0) is 35.8. The van der Waals surface area contributed by atoms with Gasteiger partial charge in [0.1, 0.15) is 17.6 Å². The molecule has 3 aromatic rings. The SMILES string of the molecule is CC(C)C(Nc1nc2ccccc2o1)C(=O)N1C[C@H](C(=O)N[C@@H]2CC=CCCCCC(=O)Nc3ccccc3NC(=O)C2=O)C2(C1)CC21CCC1. The molecule has 1 saturated heterocycles. The number of anilines is 3. The predicted octanol–water partition coefficient (Wildman–Crippen LogP) is 5.43. The summed E-state index contributed by atoms with van der Waals surface area (Å²) in [5, 5.41) is 11.7. The summed E-state index contributed by atoms with van der Waals surface area (Å²) in [6.45, 7) is 4.61. The zero-order valence-corrected chi connectivity index (χ0v) is 29.2. The third-order valence-corrected chi connectivity index (χ3v) is 11.4. The molecule has 2 spiro atoms. The molecule has 3 fully saturated rings. The molecular formula is C39H46N6O6. The van der Waals surface area contributed by atoms with E-state index in [0.29, 0.717) is 48.3 Å². The number of nitrogens with zero attached hydrogens (tertiary/aromatic N) is 2. The molecule has 268 valence electrons. The van der Waals surface area contributed by atoms with Gasteiger partial charge in [0.2, 0.25) is 23.5 Å². The largest absolute Gasteiger partial charge is 0.424 e. The maximum atomic E-state index is 14.3. The number of carbonyl (C=O) groups excluding carboxylic acids is 5. The van der Waals surface area contributed by atoms with E-state index in [1.54, 1.807) is 29.2 Å². The van der Waals surface area contributed by atoms with E-state index in [9.17, 15) is 24.0 Å². The van der Waals surface area contributed by atoms with Crippen molar-refractivity contribution < 1.29 is 28.4 Å². The highest BCUT2D eigenvalue weighted by Gasteiger charge is 2.76. The highest BCUT2D eigenvalue weighted by molar-refractivity contribution is 6.43. The Morgan fingerprint density at radius 1 is 0.961 bits per heavy atom. The second kappa shape index (κ2) is 14.0. The Morgan fingerprint density at radius 3 is 2.41 bits per heavy atom. The van der Waals surface area contributed by atoms with Crippen LogP contribution >= 0.6 is 0 Å². The predicted molar refractivity (Wildman–Crippen MR) is 193 cm³/mol. The van der Waals surface area contributed by atoms with Crippen LogP contribution in [0.15, 0.2) is 65.1 Å². The summed E-state index contributed by atoms with van der Waals surface area (Å²) < 4.78 is 5.89.